The molecule has 4 nitrogen and oxygen atoms in total. The second kappa shape index (κ2) is 10.9. The van der Waals surface area contributed by atoms with E-state index in [2.05, 4.69) is 111 Å². The molecule has 2 fully saturated rings. The van der Waals surface area contributed by atoms with Crippen molar-refractivity contribution in [1.82, 2.24) is 0 Å². The molecule has 5 aromatic carbocycles. The van der Waals surface area contributed by atoms with E-state index < -0.39 is 0 Å². The average Bonchev–Trinajstić information content (AvgIpc) is 3.62. The fourth-order valence-electron chi connectivity index (χ4n) is 8.86. The van der Waals surface area contributed by atoms with Crippen LogP contribution >= 0.6 is 0 Å². The molecule has 0 amide bonds. The summed E-state index contributed by atoms with van der Waals surface area (Å²) in [6.07, 6.45) is 5.11. The minimum atomic E-state index is 0.770. The quantitative estimate of drug-likeness (QED) is 0.195. The molecule has 4 heterocycles. The Labute approximate surface area is 277 Å². The number of hydrogen-bond donors (Lipinski definition) is 0. The minimum absolute atomic E-state index is 0.770. The predicted octanol–water partition coefficient (Wildman–Crippen LogP) is 11.8. The third-order valence-corrected chi connectivity index (χ3v) is 11.9. The highest BCUT2D eigenvalue weighted by atomic mass is 16.3. The van der Waals surface area contributed by atoms with E-state index in [0.29, 0.717) is 0 Å². The number of piperidine rings is 2. The molecule has 0 aliphatic carbocycles. The van der Waals surface area contributed by atoms with Gasteiger partial charge in [-0.2, -0.15) is 0 Å². The lowest BCUT2D eigenvalue weighted by Crippen LogP contribution is -2.35. The lowest BCUT2D eigenvalue weighted by molar-refractivity contribution is 0.311. The molecule has 0 spiro atoms. The zero-order chi connectivity index (χ0) is 32.0. The van der Waals surface area contributed by atoms with Crippen LogP contribution in [0.15, 0.2) is 75.6 Å². The van der Waals surface area contributed by atoms with Gasteiger partial charge in [-0.1, -0.05) is 39.8 Å². The molecular formula is C43H46N2O2. The maximum Gasteiger partial charge on any atom is 0.139 e. The van der Waals surface area contributed by atoms with Gasteiger partial charge in [0.1, 0.15) is 22.3 Å². The van der Waals surface area contributed by atoms with Gasteiger partial charge in [-0.15, -0.1) is 0 Å². The molecule has 4 heteroatoms. The Morgan fingerprint density at radius 2 is 1.02 bits per heavy atom. The first kappa shape index (κ1) is 29.0. The van der Waals surface area contributed by atoms with Crippen LogP contribution < -0.4 is 9.80 Å². The summed E-state index contributed by atoms with van der Waals surface area (Å²) in [6, 6.07) is 25.3. The van der Waals surface area contributed by atoms with Gasteiger partial charge in [0.25, 0.3) is 0 Å². The van der Waals surface area contributed by atoms with Crippen molar-refractivity contribution >= 4 is 76.8 Å². The summed E-state index contributed by atoms with van der Waals surface area (Å²) in [5.74, 6) is 3.22. The lowest BCUT2D eigenvalue weighted by atomic mass is 9.86. The first-order valence-electron chi connectivity index (χ1n) is 18.0. The van der Waals surface area contributed by atoms with Gasteiger partial charge in [-0.05, 0) is 138 Å². The van der Waals surface area contributed by atoms with Crippen LogP contribution in [0.3, 0.4) is 0 Å². The van der Waals surface area contributed by atoms with Gasteiger partial charge in [0.2, 0.25) is 0 Å². The van der Waals surface area contributed by atoms with E-state index >= 15 is 0 Å². The van der Waals surface area contributed by atoms with Crippen LogP contribution in [0.2, 0.25) is 0 Å². The van der Waals surface area contributed by atoms with Crippen LogP contribution in [0, 0.1) is 30.6 Å². The predicted molar refractivity (Wildman–Crippen MR) is 200 cm³/mol. The highest BCUT2D eigenvalue weighted by Gasteiger charge is 2.24. The van der Waals surface area contributed by atoms with E-state index in [1.807, 2.05) is 0 Å². The zero-order valence-corrected chi connectivity index (χ0v) is 28.5. The largest absolute Gasteiger partial charge is 0.456 e. The molecule has 0 radical (unpaired) electrons. The van der Waals surface area contributed by atoms with Crippen LogP contribution in [0.1, 0.15) is 58.9 Å². The second-order valence-corrected chi connectivity index (χ2v) is 15.4. The number of anilines is 2. The summed E-state index contributed by atoms with van der Waals surface area (Å²) in [5, 5.41) is 9.61. The Hall–Kier alpha value is -4.18. The fourth-order valence-corrected chi connectivity index (χ4v) is 8.86. The van der Waals surface area contributed by atoms with Gasteiger partial charge < -0.3 is 18.6 Å². The third-order valence-electron chi connectivity index (χ3n) is 11.9. The maximum absolute atomic E-state index is 6.68. The smallest absolute Gasteiger partial charge is 0.139 e. The summed E-state index contributed by atoms with van der Waals surface area (Å²) < 4.78 is 13.3. The summed E-state index contributed by atoms with van der Waals surface area (Å²) >= 11 is 0. The molecule has 2 saturated heterocycles. The van der Waals surface area contributed by atoms with Gasteiger partial charge in [0, 0.05) is 59.1 Å². The van der Waals surface area contributed by atoms with Crippen LogP contribution in [-0.4, -0.2) is 26.2 Å². The van der Waals surface area contributed by atoms with Crippen LogP contribution in [0.4, 0.5) is 11.4 Å². The minimum Gasteiger partial charge on any atom is -0.456 e. The monoisotopic (exact) mass is 622 g/mol. The van der Waals surface area contributed by atoms with E-state index in [1.165, 1.54) is 64.0 Å². The molecule has 0 unspecified atom stereocenters. The number of hydrogen-bond acceptors (Lipinski definition) is 4. The first-order chi connectivity index (χ1) is 22.8. The Balaban J connectivity index is 1.13. The summed E-state index contributed by atoms with van der Waals surface area (Å²) in [6.45, 7) is 16.2. The van der Waals surface area contributed by atoms with E-state index in [4.69, 9.17) is 8.83 Å². The highest BCUT2D eigenvalue weighted by Crippen LogP contribution is 2.44. The van der Waals surface area contributed by atoms with Crippen molar-refractivity contribution < 1.29 is 8.83 Å². The SMILES string of the molecule is Cc1cc2oc3cc4cc(N5CCC(C(C)C)CC5)ccc4cc3c2c2c1oc1cc3cc(N4CCC(C(C)C)CC4)ccc3cc12. The van der Waals surface area contributed by atoms with Crippen LogP contribution in [-0.2, 0) is 0 Å². The van der Waals surface area contributed by atoms with Gasteiger partial charge in [-0.3, -0.25) is 0 Å². The van der Waals surface area contributed by atoms with E-state index in [1.54, 1.807) is 0 Å². The Bertz CT molecular complexity index is 2310. The molecule has 0 atom stereocenters. The fraction of sp³-hybridized carbons (Fsp3) is 0.395. The normalized spacial score (nSPS) is 17.3. The molecule has 240 valence electrons. The average molecular weight is 623 g/mol. The Morgan fingerprint density at radius 1 is 0.532 bits per heavy atom. The number of nitrogens with zero attached hydrogens (tertiary/aromatic N) is 2. The Morgan fingerprint density at radius 3 is 1.53 bits per heavy atom. The summed E-state index contributed by atoms with van der Waals surface area (Å²) in [7, 11) is 0. The number of aryl methyl sites for hydroxylation is 1. The molecule has 0 saturated carbocycles. The second-order valence-electron chi connectivity index (χ2n) is 15.4. The van der Waals surface area contributed by atoms with Crippen molar-refractivity contribution in [3.63, 3.8) is 0 Å². The summed E-state index contributed by atoms with van der Waals surface area (Å²) in [5.41, 5.74) is 7.53. The molecule has 47 heavy (non-hydrogen) atoms. The highest BCUT2D eigenvalue weighted by molar-refractivity contribution is 6.28. The first-order valence-corrected chi connectivity index (χ1v) is 18.0. The van der Waals surface area contributed by atoms with Crippen molar-refractivity contribution in [3.05, 3.63) is 72.3 Å². The maximum atomic E-state index is 6.68. The van der Waals surface area contributed by atoms with Crippen LogP contribution in [0.25, 0.3) is 65.4 Å². The van der Waals surface area contributed by atoms with Gasteiger partial charge in [0.05, 0.1) is 0 Å². The number of benzene rings is 5. The topological polar surface area (TPSA) is 32.8 Å². The molecule has 7 aromatic rings. The van der Waals surface area contributed by atoms with Crippen molar-refractivity contribution in [2.45, 2.75) is 60.3 Å². The molecule has 0 N–H and O–H groups in total. The molecule has 0 bridgehead atoms. The van der Waals surface area contributed by atoms with E-state index in [0.717, 1.165) is 93.9 Å². The van der Waals surface area contributed by atoms with Gasteiger partial charge in [-0.25, -0.2) is 0 Å². The van der Waals surface area contributed by atoms with Gasteiger partial charge >= 0.3 is 0 Å². The number of rotatable bonds is 4. The van der Waals surface area contributed by atoms with Crippen molar-refractivity contribution in [2.75, 3.05) is 36.0 Å². The molecular weight excluding hydrogens is 576 g/mol. The molecule has 9 rings (SSSR count). The Kier molecular flexibility index (Phi) is 6.75. The number of furan rings is 2. The summed E-state index contributed by atoms with van der Waals surface area (Å²) in [4.78, 5) is 5.13. The third kappa shape index (κ3) is 4.78. The molecule has 2 aliphatic rings. The van der Waals surface area contributed by atoms with Gasteiger partial charge in [0.15, 0.2) is 0 Å². The van der Waals surface area contributed by atoms with E-state index in [9.17, 15) is 0 Å². The van der Waals surface area contributed by atoms with Crippen LogP contribution in [0.5, 0.6) is 0 Å². The van der Waals surface area contributed by atoms with Crippen molar-refractivity contribution in [3.8, 4) is 0 Å². The molecule has 2 aromatic heterocycles. The van der Waals surface area contributed by atoms with Crippen molar-refractivity contribution in [1.29, 1.82) is 0 Å². The van der Waals surface area contributed by atoms with Crippen molar-refractivity contribution in [2.24, 2.45) is 23.7 Å². The standard InChI is InChI=1S/C43H46N2O2/c1-25(2)28-10-14-44(15-11-28)34-8-6-30-21-36-38(23-32(30)19-34)46-40-18-27(5)43-42(41(36)40)37-22-31-7-9-35(20-33(31)24-39(37)47-43)45-16-12-29(13-17-45)26(3)4/h6-9,18-26,28-29H,10-17H2,1-5H3. The molecule has 2 aliphatic heterocycles. The zero-order valence-electron chi connectivity index (χ0n) is 28.5. The lowest BCUT2D eigenvalue weighted by Gasteiger charge is -2.35. The van der Waals surface area contributed by atoms with E-state index in [-0.39, 0.29) is 0 Å². The number of fused-ring (bicyclic) bond motifs is 9.